The number of aryl methyl sites for hydroxylation is 2. The lowest BCUT2D eigenvalue weighted by Crippen LogP contribution is -2.37. The van der Waals surface area contributed by atoms with Crippen LogP contribution < -0.4 is 15.4 Å². The fourth-order valence-electron chi connectivity index (χ4n) is 2.41. The second-order valence-corrected chi connectivity index (χ2v) is 7.14. The van der Waals surface area contributed by atoms with Gasteiger partial charge in [0.1, 0.15) is 5.75 Å². The second-order valence-electron chi connectivity index (χ2n) is 5.85. The molecule has 0 saturated carbocycles. The number of methoxy groups -OCH3 is 1. The van der Waals surface area contributed by atoms with Crippen molar-refractivity contribution in [3.05, 3.63) is 45.4 Å². The van der Waals surface area contributed by atoms with E-state index in [4.69, 9.17) is 9.47 Å². The van der Waals surface area contributed by atoms with Crippen molar-refractivity contribution in [2.24, 2.45) is 4.99 Å². The average molecular weight is 504 g/mol. The molecule has 0 bridgehead atoms. The standard InChI is InChI=1S/C19H28N4O2S.HI/c1-14-18(26-15(2)23-14)12-22-19(20-3)21-10-5-11-25-13-16-6-8-17(24-4)9-7-16;/h6-9H,5,10-13H2,1-4H3,(H2,20,21,22);1H. The summed E-state index contributed by atoms with van der Waals surface area (Å²) in [6.45, 7) is 6.93. The molecule has 2 aromatic rings. The molecule has 2 N–H and O–H groups in total. The van der Waals surface area contributed by atoms with Gasteiger partial charge in [-0.05, 0) is 38.0 Å². The number of guanidine groups is 1. The Hall–Kier alpha value is -1.39. The molecule has 0 spiro atoms. The summed E-state index contributed by atoms with van der Waals surface area (Å²) in [6, 6.07) is 7.93. The lowest BCUT2D eigenvalue weighted by Gasteiger charge is -2.11. The van der Waals surface area contributed by atoms with Crippen molar-refractivity contribution in [2.75, 3.05) is 27.3 Å². The van der Waals surface area contributed by atoms with Crippen LogP contribution in [0.2, 0.25) is 0 Å². The molecule has 0 unspecified atom stereocenters. The molecule has 1 aromatic heterocycles. The number of hydrogen-bond donors (Lipinski definition) is 2. The smallest absolute Gasteiger partial charge is 0.191 e. The number of thiazole rings is 1. The molecule has 0 saturated heterocycles. The van der Waals surface area contributed by atoms with Crippen LogP contribution in [0.1, 0.15) is 27.6 Å². The summed E-state index contributed by atoms with van der Waals surface area (Å²) in [5.41, 5.74) is 2.23. The highest BCUT2D eigenvalue weighted by Crippen LogP contribution is 2.16. The second kappa shape index (κ2) is 12.9. The number of benzene rings is 1. The van der Waals surface area contributed by atoms with Gasteiger partial charge in [0.25, 0.3) is 0 Å². The first-order valence-corrected chi connectivity index (χ1v) is 9.52. The fraction of sp³-hybridized carbons (Fsp3) is 0.474. The first-order valence-electron chi connectivity index (χ1n) is 8.70. The van der Waals surface area contributed by atoms with E-state index in [1.165, 1.54) is 4.88 Å². The first kappa shape index (κ1) is 23.6. The summed E-state index contributed by atoms with van der Waals surface area (Å²) >= 11 is 1.72. The van der Waals surface area contributed by atoms with Gasteiger partial charge in [-0.1, -0.05) is 12.1 Å². The monoisotopic (exact) mass is 504 g/mol. The molecule has 1 heterocycles. The number of halogens is 1. The van der Waals surface area contributed by atoms with Gasteiger partial charge in [0.15, 0.2) is 5.96 Å². The summed E-state index contributed by atoms with van der Waals surface area (Å²) in [7, 11) is 3.45. The molecule has 2 rings (SSSR count). The van der Waals surface area contributed by atoms with E-state index in [1.807, 2.05) is 38.1 Å². The topological polar surface area (TPSA) is 67.8 Å². The van der Waals surface area contributed by atoms with E-state index in [0.29, 0.717) is 13.2 Å². The third-order valence-electron chi connectivity index (χ3n) is 3.83. The Bertz CT molecular complexity index is 704. The van der Waals surface area contributed by atoms with Crippen LogP contribution in [-0.4, -0.2) is 38.3 Å². The minimum atomic E-state index is 0. The molecule has 1 aromatic carbocycles. The number of rotatable bonds is 9. The molecule has 150 valence electrons. The Labute approximate surface area is 182 Å². The van der Waals surface area contributed by atoms with Crippen molar-refractivity contribution in [3.8, 4) is 5.75 Å². The van der Waals surface area contributed by atoms with Crippen LogP contribution in [0.15, 0.2) is 29.3 Å². The van der Waals surface area contributed by atoms with Crippen LogP contribution in [0.4, 0.5) is 0 Å². The summed E-state index contributed by atoms with van der Waals surface area (Å²) in [4.78, 5) is 9.93. The molecule has 0 fully saturated rings. The summed E-state index contributed by atoms with van der Waals surface area (Å²) in [5, 5.41) is 7.72. The maximum Gasteiger partial charge on any atom is 0.191 e. The number of nitrogens with zero attached hydrogens (tertiary/aromatic N) is 2. The Morgan fingerprint density at radius 2 is 1.93 bits per heavy atom. The zero-order valence-corrected chi connectivity index (χ0v) is 19.5. The van der Waals surface area contributed by atoms with Crippen molar-refractivity contribution in [3.63, 3.8) is 0 Å². The van der Waals surface area contributed by atoms with Gasteiger partial charge in [-0.25, -0.2) is 4.98 Å². The van der Waals surface area contributed by atoms with Gasteiger partial charge in [-0.2, -0.15) is 0 Å². The average Bonchev–Trinajstić information content (AvgIpc) is 2.98. The first-order chi connectivity index (χ1) is 12.6. The number of ether oxygens (including phenoxy) is 2. The third-order valence-corrected chi connectivity index (χ3v) is 4.90. The molecule has 6 nitrogen and oxygen atoms in total. The van der Waals surface area contributed by atoms with Crippen LogP contribution in [-0.2, 0) is 17.9 Å². The maximum absolute atomic E-state index is 5.71. The molecular formula is C19H29IN4O2S. The normalized spacial score (nSPS) is 11.0. The van der Waals surface area contributed by atoms with Crippen molar-refractivity contribution >= 4 is 41.3 Å². The van der Waals surface area contributed by atoms with Gasteiger partial charge >= 0.3 is 0 Å². The zero-order valence-electron chi connectivity index (χ0n) is 16.4. The number of hydrogen-bond acceptors (Lipinski definition) is 5. The number of aromatic nitrogens is 1. The fourth-order valence-corrected chi connectivity index (χ4v) is 3.29. The van der Waals surface area contributed by atoms with E-state index in [2.05, 4.69) is 20.6 Å². The van der Waals surface area contributed by atoms with Crippen molar-refractivity contribution < 1.29 is 9.47 Å². The van der Waals surface area contributed by atoms with Gasteiger partial charge in [0, 0.05) is 25.1 Å². The van der Waals surface area contributed by atoms with E-state index >= 15 is 0 Å². The van der Waals surface area contributed by atoms with Crippen LogP contribution in [0.3, 0.4) is 0 Å². The highest BCUT2D eigenvalue weighted by atomic mass is 127. The minimum Gasteiger partial charge on any atom is -0.497 e. The van der Waals surface area contributed by atoms with E-state index in [-0.39, 0.29) is 24.0 Å². The van der Waals surface area contributed by atoms with Gasteiger partial charge in [-0.15, -0.1) is 35.3 Å². The van der Waals surface area contributed by atoms with Crippen molar-refractivity contribution in [1.82, 2.24) is 15.6 Å². The predicted octanol–water partition coefficient (Wildman–Crippen LogP) is 3.66. The van der Waals surface area contributed by atoms with Crippen LogP contribution in [0.25, 0.3) is 0 Å². The maximum atomic E-state index is 5.71. The Kier molecular flexibility index (Phi) is 11.3. The summed E-state index contributed by atoms with van der Waals surface area (Å²) in [5.74, 6) is 1.66. The molecular weight excluding hydrogens is 475 g/mol. The van der Waals surface area contributed by atoms with Crippen LogP contribution in [0, 0.1) is 13.8 Å². The highest BCUT2D eigenvalue weighted by molar-refractivity contribution is 14.0. The van der Waals surface area contributed by atoms with Crippen molar-refractivity contribution in [2.45, 2.75) is 33.4 Å². The quantitative estimate of drug-likeness (QED) is 0.236. The number of nitrogens with one attached hydrogen (secondary N) is 2. The zero-order chi connectivity index (χ0) is 18.8. The highest BCUT2D eigenvalue weighted by Gasteiger charge is 2.05. The Morgan fingerprint density at radius 3 is 2.52 bits per heavy atom. The number of aliphatic imine (C=N–C) groups is 1. The van der Waals surface area contributed by atoms with E-state index in [9.17, 15) is 0 Å². The van der Waals surface area contributed by atoms with Gasteiger partial charge in [-0.3, -0.25) is 4.99 Å². The van der Waals surface area contributed by atoms with E-state index < -0.39 is 0 Å². The van der Waals surface area contributed by atoms with Gasteiger partial charge in [0.2, 0.25) is 0 Å². The molecule has 0 atom stereocenters. The largest absolute Gasteiger partial charge is 0.497 e. The van der Waals surface area contributed by atoms with E-state index in [1.54, 1.807) is 25.5 Å². The molecule has 8 heteroatoms. The lowest BCUT2D eigenvalue weighted by molar-refractivity contribution is 0.119. The van der Waals surface area contributed by atoms with Crippen LogP contribution in [0.5, 0.6) is 5.75 Å². The third kappa shape index (κ3) is 8.44. The molecule has 0 aliphatic heterocycles. The molecule has 0 amide bonds. The minimum absolute atomic E-state index is 0. The van der Waals surface area contributed by atoms with Gasteiger partial charge in [0.05, 0.1) is 31.0 Å². The van der Waals surface area contributed by atoms with Crippen LogP contribution >= 0.6 is 35.3 Å². The summed E-state index contributed by atoms with van der Waals surface area (Å²) in [6.07, 6.45) is 0.912. The van der Waals surface area contributed by atoms with Crippen molar-refractivity contribution in [1.29, 1.82) is 0 Å². The lowest BCUT2D eigenvalue weighted by atomic mass is 10.2. The Morgan fingerprint density at radius 1 is 1.19 bits per heavy atom. The Balaban J connectivity index is 0.00000364. The molecule has 0 aliphatic rings. The molecule has 0 radical (unpaired) electrons. The molecule has 27 heavy (non-hydrogen) atoms. The summed E-state index contributed by atoms with van der Waals surface area (Å²) < 4.78 is 10.9. The van der Waals surface area contributed by atoms with Gasteiger partial charge < -0.3 is 20.1 Å². The SMILES string of the molecule is CN=C(NCCCOCc1ccc(OC)cc1)NCc1sc(C)nc1C.I. The van der Waals surface area contributed by atoms with E-state index in [0.717, 1.165) is 47.5 Å². The molecule has 0 aliphatic carbocycles. The predicted molar refractivity (Wildman–Crippen MR) is 122 cm³/mol.